The number of carboxylic acids is 1. The van der Waals surface area contributed by atoms with Crippen molar-refractivity contribution >= 4 is 19.3 Å². The maximum absolute atomic E-state index is 13.2. The molecule has 0 aliphatic rings. The summed E-state index contributed by atoms with van der Waals surface area (Å²) in [6, 6.07) is 0. The van der Waals surface area contributed by atoms with Crippen molar-refractivity contribution in [3.05, 3.63) is 28.6 Å². The minimum absolute atomic E-state index is 0.530. The lowest BCUT2D eigenvalue weighted by Gasteiger charge is -2.08. The molecule has 0 aromatic heterocycles. The molecule has 0 spiro atoms. The quantitative estimate of drug-likeness (QED) is 0.527. The molecule has 0 fully saturated rings. The second kappa shape index (κ2) is 3.36. The number of aromatic carboxylic acids is 1. The van der Waals surface area contributed by atoms with Gasteiger partial charge in [0.15, 0.2) is 11.6 Å². The van der Waals surface area contributed by atoms with Gasteiger partial charge in [0.25, 0.3) is 0 Å². The fraction of sp³-hybridized carbons (Fsp3) is 0.125. The van der Waals surface area contributed by atoms with Crippen LogP contribution in [0.5, 0.6) is 0 Å². The Morgan fingerprint density at radius 1 is 1.21 bits per heavy atom. The van der Waals surface area contributed by atoms with Crippen molar-refractivity contribution in [2.45, 2.75) is 6.92 Å². The summed E-state index contributed by atoms with van der Waals surface area (Å²) in [6.07, 6.45) is 0. The van der Waals surface area contributed by atoms with Crippen LogP contribution in [0.2, 0.25) is 0 Å². The van der Waals surface area contributed by atoms with E-state index in [4.69, 9.17) is 5.11 Å². The lowest BCUT2D eigenvalue weighted by Crippen LogP contribution is -2.24. The highest BCUT2D eigenvalue weighted by atomic mass is 19.2. The summed E-state index contributed by atoms with van der Waals surface area (Å²) in [5, 5.41) is 8.56. The first-order valence-electron chi connectivity index (χ1n) is 3.74. The Kier molecular flexibility index (Phi) is 2.55. The van der Waals surface area contributed by atoms with Crippen molar-refractivity contribution < 1.29 is 23.1 Å². The SMILES string of the molecule is Bc1c(F)c(F)c(C)c(F)c1C(=O)O. The third-order valence-electron chi connectivity index (χ3n) is 1.99. The molecule has 6 heteroatoms. The van der Waals surface area contributed by atoms with E-state index in [0.29, 0.717) is 0 Å². The molecule has 0 saturated carbocycles. The largest absolute Gasteiger partial charge is 0.478 e. The van der Waals surface area contributed by atoms with Crippen LogP contribution in [0.25, 0.3) is 0 Å². The normalized spacial score (nSPS) is 10.3. The van der Waals surface area contributed by atoms with E-state index < -0.39 is 40.0 Å². The van der Waals surface area contributed by atoms with E-state index in [-0.39, 0.29) is 0 Å². The first-order valence-corrected chi connectivity index (χ1v) is 3.74. The van der Waals surface area contributed by atoms with Gasteiger partial charge in [-0.1, -0.05) is 0 Å². The van der Waals surface area contributed by atoms with Gasteiger partial charge in [-0.2, -0.15) is 0 Å². The molecule has 0 heterocycles. The van der Waals surface area contributed by atoms with Crippen molar-refractivity contribution in [1.29, 1.82) is 0 Å². The van der Waals surface area contributed by atoms with E-state index in [1.54, 1.807) is 0 Å². The molecule has 0 aliphatic heterocycles. The summed E-state index contributed by atoms with van der Waals surface area (Å²) in [7, 11) is 1.02. The summed E-state index contributed by atoms with van der Waals surface area (Å²) in [5.41, 5.74) is -1.97. The van der Waals surface area contributed by atoms with Crippen molar-refractivity contribution in [2.75, 3.05) is 0 Å². The molecule has 14 heavy (non-hydrogen) atoms. The molecule has 0 aliphatic carbocycles. The standard InChI is InChI=1S/C8H6BF3O2/c1-2-5(10)3(8(13)14)4(9)7(12)6(2)11/h9H2,1H3,(H,13,14). The second-order valence-corrected chi connectivity index (χ2v) is 2.87. The van der Waals surface area contributed by atoms with Gasteiger partial charge >= 0.3 is 5.97 Å². The van der Waals surface area contributed by atoms with Crippen LogP contribution in [0.3, 0.4) is 0 Å². The zero-order valence-electron chi connectivity index (χ0n) is 7.49. The number of carboxylic acid groups (broad SMARTS) is 1. The van der Waals surface area contributed by atoms with Crippen LogP contribution in [0.1, 0.15) is 15.9 Å². The Bertz CT molecular complexity index is 389. The lowest BCUT2D eigenvalue weighted by atomic mass is 9.88. The van der Waals surface area contributed by atoms with Gasteiger partial charge in [-0.05, 0) is 12.4 Å². The van der Waals surface area contributed by atoms with Crippen molar-refractivity contribution in [3.63, 3.8) is 0 Å². The highest BCUT2D eigenvalue weighted by molar-refractivity contribution is 6.36. The minimum Gasteiger partial charge on any atom is -0.478 e. The van der Waals surface area contributed by atoms with E-state index >= 15 is 0 Å². The van der Waals surface area contributed by atoms with E-state index in [0.717, 1.165) is 14.8 Å². The second-order valence-electron chi connectivity index (χ2n) is 2.87. The maximum Gasteiger partial charge on any atom is 0.338 e. The molecular weight excluding hydrogens is 196 g/mol. The van der Waals surface area contributed by atoms with E-state index in [1.807, 2.05) is 0 Å². The van der Waals surface area contributed by atoms with Crippen LogP contribution in [0, 0.1) is 24.4 Å². The fourth-order valence-corrected chi connectivity index (χ4v) is 1.14. The molecule has 0 radical (unpaired) electrons. The van der Waals surface area contributed by atoms with Crippen LogP contribution in [-0.2, 0) is 0 Å². The molecule has 0 atom stereocenters. The van der Waals surface area contributed by atoms with E-state index in [9.17, 15) is 18.0 Å². The Morgan fingerprint density at radius 3 is 2.14 bits per heavy atom. The van der Waals surface area contributed by atoms with Crippen LogP contribution < -0.4 is 5.46 Å². The number of hydrogen-bond acceptors (Lipinski definition) is 1. The average molecular weight is 202 g/mol. The monoisotopic (exact) mass is 202 g/mol. The molecule has 1 aromatic rings. The van der Waals surface area contributed by atoms with Gasteiger partial charge < -0.3 is 5.11 Å². The average Bonchev–Trinajstić information content (AvgIpc) is 2.11. The third kappa shape index (κ3) is 1.36. The first-order chi connectivity index (χ1) is 6.37. The molecule has 1 rings (SSSR count). The Labute approximate surface area is 78.8 Å². The summed E-state index contributed by atoms with van der Waals surface area (Å²) in [6.45, 7) is 0.986. The maximum atomic E-state index is 13.2. The number of rotatable bonds is 1. The van der Waals surface area contributed by atoms with E-state index in [2.05, 4.69) is 0 Å². The van der Waals surface area contributed by atoms with Gasteiger partial charge in [0.2, 0.25) is 0 Å². The molecule has 1 N–H and O–H groups in total. The summed E-state index contributed by atoms with van der Waals surface area (Å²) in [4.78, 5) is 10.5. The molecule has 0 amide bonds. The Hall–Kier alpha value is -1.46. The molecule has 0 bridgehead atoms. The lowest BCUT2D eigenvalue weighted by molar-refractivity contribution is 0.0692. The van der Waals surface area contributed by atoms with Gasteiger partial charge in [-0.3, -0.25) is 0 Å². The molecule has 0 unspecified atom stereocenters. The van der Waals surface area contributed by atoms with Gasteiger partial charge in [0.1, 0.15) is 13.7 Å². The number of hydrogen-bond donors (Lipinski definition) is 1. The van der Waals surface area contributed by atoms with Crippen molar-refractivity contribution in [1.82, 2.24) is 0 Å². The number of benzene rings is 1. The zero-order chi connectivity index (χ0) is 11.0. The Morgan fingerprint density at radius 2 is 1.71 bits per heavy atom. The highest BCUT2D eigenvalue weighted by Crippen LogP contribution is 2.16. The summed E-state index contributed by atoms with van der Waals surface area (Å²) in [5.74, 6) is -5.50. The highest BCUT2D eigenvalue weighted by Gasteiger charge is 2.23. The van der Waals surface area contributed by atoms with Crippen molar-refractivity contribution in [2.24, 2.45) is 0 Å². The zero-order valence-corrected chi connectivity index (χ0v) is 7.49. The number of halogens is 3. The first kappa shape index (κ1) is 10.6. The molecule has 1 aromatic carbocycles. The van der Waals surface area contributed by atoms with Crippen LogP contribution in [0.4, 0.5) is 13.2 Å². The smallest absolute Gasteiger partial charge is 0.338 e. The fourth-order valence-electron chi connectivity index (χ4n) is 1.14. The summed E-state index contributed by atoms with van der Waals surface area (Å²) >= 11 is 0. The third-order valence-corrected chi connectivity index (χ3v) is 1.99. The predicted molar refractivity (Wildman–Crippen MR) is 46.2 cm³/mol. The van der Waals surface area contributed by atoms with Gasteiger partial charge in [-0.25, -0.2) is 18.0 Å². The van der Waals surface area contributed by atoms with Gasteiger partial charge in [0, 0.05) is 5.56 Å². The Balaban J connectivity index is 3.68. The minimum atomic E-state index is -1.61. The van der Waals surface area contributed by atoms with Crippen LogP contribution in [-0.4, -0.2) is 18.9 Å². The molecule has 0 saturated heterocycles. The molecule has 2 nitrogen and oxygen atoms in total. The van der Waals surface area contributed by atoms with Crippen LogP contribution in [0.15, 0.2) is 0 Å². The predicted octanol–water partition coefficient (Wildman–Crippen LogP) is 0.369. The van der Waals surface area contributed by atoms with Crippen molar-refractivity contribution in [3.8, 4) is 0 Å². The molecule has 74 valence electrons. The van der Waals surface area contributed by atoms with Gasteiger partial charge in [0.05, 0.1) is 5.56 Å². The van der Waals surface area contributed by atoms with Gasteiger partial charge in [-0.15, -0.1) is 0 Å². The molecular formula is C8H6BF3O2. The summed E-state index contributed by atoms with van der Waals surface area (Å²) < 4.78 is 39.0. The van der Waals surface area contributed by atoms with Crippen LogP contribution >= 0.6 is 0 Å². The van der Waals surface area contributed by atoms with E-state index in [1.165, 1.54) is 0 Å². The number of carbonyl (C=O) groups is 1. The topological polar surface area (TPSA) is 37.3 Å².